The number of rotatable bonds is 10. The quantitative estimate of drug-likeness (QED) is 0.305. The van der Waals surface area contributed by atoms with Crippen LogP contribution in [0, 0.1) is 0 Å². The molecule has 0 bridgehead atoms. The predicted molar refractivity (Wildman–Crippen MR) is 142 cm³/mol. The number of ether oxygens (including phenoxy) is 2. The highest BCUT2D eigenvalue weighted by atomic mass is 32.2. The molecule has 3 aromatic heterocycles. The van der Waals surface area contributed by atoms with Gasteiger partial charge in [-0.25, -0.2) is 4.98 Å². The molecule has 10 nitrogen and oxygen atoms in total. The van der Waals surface area contributed by atoms with Crippen molar-refractivity contribution in [2.24, 2.45) is 0 Å². The number of para-hydroxylation sites is 2. The van der Waals surface area contributed by atoms with E-state index in [1.165, 1.54) is 23.1 Å². The van der Waals surface area contributed by atoms with Crippen molar-refractivity contribution in [2.45, 2.75) is 10.9 Å². The molecule has 0 spiro atoms. The van der Waals surface area contributed by atoms with Crippen LogP contribution in [-0.4, -0.2) is 82.0 Å². The highest BCUT2D eigenvalue weighted by Gasteiger charge is 2.20. The number of carbonyl (C=O) groups excluding carboxylic acids is 1. The van der Waals surface area contributed by atoms with E-state index in [0.29, 0.717) is 34.7 Å². The first-order valence-electron chi connectivity index (χ1n) is 11.9. The Morgan fingerprint density at radius 1 is 1.19 bits per heavy atom. The smallest absolute Gasteiger partial charge is 0.270 e. The van der Waals surface area contributed by atoms with Crippen LogP contribution >= 0.6 is 23.1 Å². The van der Waals surface area contributed by atoms with E-state index in [0.717, 1.165) is 49.1 Å². The minimum Gasteiger partial charge on any atom is -0.495 e. The monoisotopic (exact) mass is 537 g/mol. The van der Waals surface area contributed by atoms with Gasteiger partial charge in [0.25, 0.3) is 5.91 Å². The van der Waals surface area contributed by atoms with Crippen molar-refractivity contribution in [1.82, 2.24) is 34.9 Å². The molecule has 37 heavy (non-hydrogen) atoms. The second kappa shape index (κ2) is 12.3. The van der Waals surface area contributed by atoms with Crippen LogP contribution in [-0.2, 0) is 10.5 Å². The van der Waals surface area contributed by atoms with Crippen molar-refractivity contribution in [3.05, 3.63) is 64.9 Å². The predicted octanol–water partition coefficient (Wildman–Crippen LogP) is 3.15. The first kappa shape index (κ1) is 25.3. The van der Waals surface area contributed by atoms with Crippen LogP contribution in [0.2, 0.25) is 0 Å². The van der Waals surface area contributed by atoms with E-state index in [4.69, 9.17) is 9.47 Å². The van der Waals surface area contributed by atoms with Crippen LogP contribution in [0.5, 0.6) is 5.75 Å². The van der Waals surface area contributed by atoms with Gasteiger partial charge in [-0.1, -0.05) is 23.9 Å². The Labute approximate surface area is 223 Å². The molecule has 0 unspecified atom stereocenters. The molecule has 1 fully saturated rings. The van der Waals surface area contributed by atoms with E-state index in [9.17, 15) is 4.79 Å². The number of carbonyl (C=O) groups is 1. The van der Waals surface area contributed by atoms with Crippen LogP contribution in [0.1, 0.15) is 15.5 Å². The Morgan fingerprint density at radius 2 is 2.05 bits per heavy atom. The zero-order valence-corrected chi connectivity index (χ0v) is 22.0. The second-order valence-electron chi connectivity index (χ2n) is 8.18. The molecule has 192 valence electrons. The van der Waals surface area contributed by atoms with Gasteiger partial charge in [-0.2, -0.15) is 0 Å². The molecule has 4 heterocycles. The lowest BCUT2D eigenvalue weighted by Crippen LogP contribution is -2.41. The van der Waals surface area contributed by atoms with Gasteiger partial charge in [0.15, 0.2) is 11.0 Å². The number of benzene rings is 1. The number of methoxy groups -OCH3 is 1. The van der Waals surface area contributed by atoms with Crippen molar-refractivity contribution in [3.63, 3.8) is 0 Å². The summed E-state index contributed by atoms with van der Waals surface area (Å²) >= 11 is 2.96. The molecule has 0 saturated carbocycles. The van der Waals surface area contributed by atoms with Gasteiger partial charge in [-0.3, -0.25) is 19.2 Å². The normalized spacial score (nSPS) is 14.0. The number of thiazole rings is 1. The van der Waals surface area contributed by atoms with Gasteiger partial charge >= 0.3 is 0 Å². The Hall–Kier alpha value is -3.32. The summed E-state index contributed by atoms with van der Waals surface area (Å²) in [5.41, 5.74) is 2.11. The summed E-state index contributed by atoms with van der Waals surface area (Å²) in [7, 11) is 1.64. The van der Waals surface area contributed by atoms with Gasteiger partial charge in [0.05, 0.1) is 31.8 Å². The molecule has 1 saturated heterocycles. The molecule has 1 amide bonds. The number of aromatic nitrogens is 5. The number of nitrogens with zero attached hydrogens (tertiary/aromatic N) is 6. The molecule has 0 aliphatic carbocycles. The zero-order valence-electron chi connectivity index (χ0n) is 20.4. The molecular formula is C25H27N7O3S2. The van der Waals surface area contributed by atoms with Crippen molar-refractivity contribution >= 4 is 29.0 Å². The summed E-state index contributed by atoms with van der Waals surface area (Å²) in [4.78, 5) is 23.6. The summed E-state index contributed by atoms with van der Waals surface area (Å²) in [5.74, 6) is 1.77. The van der Waals surface area contributed by atoms with Crippen LogP contribution in [0.15, 0.2) is 59.3 Å². The second-order valence-corrected chi connectivity index (χ2v) is 10.1. The Bertz CT molecular complexity index is 1320. The standard InChI is InChI=1S/C25H27N7O3S2/c1-34-21-7-3-2-6-20(21)32-23(18-5-4-8-26-15-18)29-30-25(32)37-17-22-28-19(16-36-22)24(33)27-9-10-31-11-13-35-14-12-31/h2-8,15-16H,9-14,17H2,1H3,(H,27,33). The van der Waals surface area contributed by atoms with E-state index >= 15 is 0 Å². The van der Waals surface area contributed by atoms with Gasteiger partial charge in [0.2, 0.25) is 0 Å². The fraction of sp³-hybridized carbons (Fsp3) is 0.320. The topological polar surface area (TPSA) is 107 Å². The maximum absolute atomic E-state index is 12.6. The average Bonchev–Trinajstić information content (AvgIpc) is 3.60. The number of pyridine rings is 1. The number of hydrogen-bond acceptors (Lipinski definition) is 10. The number of hydrogen-bond donors (Lipinski definition) is 1. The van der Waals surface area contributed by atoms with Crippen molar-refractivity contribution in [2.75, 3.05) is 46.5 Å². The van der Waals surface area contributed by atoms with Crippen LogP contribution < -0.4 is 10.1 Å². The molecule has 0 radical (unpaired) electrons. The molecule has 1 N–H and O–H groups in total. The lowest BCUT2D eigenvalue weighted by Gasteiger charge is -2.26. The molecule has 1 aromatic carbocycles. The summed E-state index contributed by atoms with van der Waals surface area (Å²) in [5, 5.41) is 15.2. The molecule has 1 aliphatic rings. The molecule has 1 aliphatic heterocycles. The van der Waals surface area contributed by atoms with Crippen molar-refractivity contribution in [1.29, 1.82) is 0 Å². The Kier molecular flexibility index (Phi) is 8.41. The minimum absolute atomic E-state index is 0.156. The van der Waals surface area contributed by atoms with Crippen molar-refractivity contribution in [3.8, 4) is 22.8 Å². The molecule has 4 aromatic rings. The van der Waals surface area contributed by atoms with Gasteiger partial charge in [-0.05, 0) is 24.3 Å². The summed E-state index contributed by atoms with van der Waals surface area (Å²) < 4.78 is 12.9. The Morgan fingerprint density at radius 3 is 2.86 bits per heavy atom. The molecule has 5 rings (SSSR count). The summed E-state index contributed by atoms with van der Waals surface area (Å²) in [6.45, 7) is 4.68. The first-order valence-corrected chi connectivity index (χ1v) is 13.7. The first-order chi connectivity index (χ1) is 18.2. The third kappa shape index (κ3) is 6.16. The summed E-state index contributed by atoms with van der Waals surface area (Å²) in [6.07, 6.45) is 3.48. The van der Waals surface area contributed by atoms with Gasteiger partial charge in [0, 0.05) is 49.5 Å². The highest BCUT2D eigenvalue weighted by Crippen LogP contribution is 2.33. The van der Waals surface area contributed by atoms with E-state index in [1.54, 1.807) is 24.9 Å². The van der Waals surface area contributed by atoms with E-state index in [2.05, 4.69) is 30.4 Å². The third-order valence-corrected chi connectivity index (χ3v) is 7.78. The maximum atomic E-state index is 12.6. The SMILES string of the molecule is COc1ccccc1-n1c(SCc2nc(C(=O)NCCN3CCOCC3)cs2)nnc1-c1cccnc1. The van der Waals surface area contributed by atoms with Gasteiger partial charge in [-0.15, -0.1) is 21.5 Å². The van der Waals surface area contributed by atoms with Crippen LogP contribution in [0.25, 0.3) is 17.1 Å². The summed E-state index contributed by atoms with van der Waals surface area (Å²) in [6, 6.07) is 11.6. The number of nitrogens with one attached hydrogen (secondary N) is 1. The van der Waals surface area contributed by atoms with E-state index < -0.39 is 0 Å². The molecule has 12 heteroatoms. The fourth-order valence-corrected chi connectivity index (χ4v) is 5.66. The van der Waals surface area contributed by atoms with Gasteiger partial charge in [0.1, 0.15) is 16.5 Å². The van der Waals surface area contributed by atoms with Gasteiger partial charge < -0.3 is 14.8 Å². The lowest BCUT2D eigenvalue weighted by molar-refractivity contribution is 0.0383. The number of amides is 1. The minimum atomic E-state index is -0.156. The number of morpholine rings is 1. The third-order valence-electron chi connectivity index (χ3n) is 5.81. The van der Waals surface area contributed by atoms with Crippen LogP contribution in [0.4, 0.5) is 0 Å². The molecular weight excluding hydrogens is 510 g/mol. The van der Waals surface area contributed by atoms with Crippen LogP contribution in [0.3, 0.4) is 0 Å². The maximum Gasteiger partial charge on any atom is 0.270 e. The Balaban J connectivity index is 1.28. The average molecular weight is 538 g/mol. The highest BCUT2D eigenvalue weighted by molar-refractivity contribution is 7.98. The van der Waals surface area contributed by atoms with Crippen molar-refractivity contribution < 1.29 is 14.3 Å². The largest absolute Gasteiger partial charge is 0.495 e. The van der Waals surface area contributed by atoms with E-state index in [1.807, 2.05) is 41.0 Å². The fourth-order valence-electron chi connectivity index (χ4n) is 3.93. The molecule has 0 atom stereocenters. The van der Waals surface area contributed by atoms with E-state index in [-0.39, 0.29) is 5.91 Å². The zero-order chi connectivity index (χ0) is 25.5. The number of thioether (sulfide) groups is 1. The lowest BCUT2D eigenvalue weighted by atomic mass is 10.2.